The average molecular weight is 272 g/mol. The zero-order chi connectivity index (χ0) is 14.2. The maximum absolute atomic E-state index is 5.05. The van der Waals surface area contributed by atoms with E-state index >= 15 is 0 Å². The fraction of sp³-hybridized carbons (Fsp3) is 0.412. The monoisotopic (exact) mass is 272 g/mol. The third kappa shape index (κ3) is 3.95. The standard InChI is InChI=1S/C17H24N2O/c1-15(16-8-4-3-5-9-16)19-12-6-10-17(19)14-18-11-7-13-20-2/h3-6,8-10,12,15,18H,7,11,13-14H2,1-2H3. The lowest BCUT2D eigenvalue weighted by Gasteiger charge is -2.18. The first-order valence-electron chi connectivity index (χ1n) is 7.23. The molecule has 0 bridgehead atoms. The van der Waals surface area contributed by atoms with Gasteiger partial charge in [0.05, 0.1) is 6.04 Å². The van der Waals surface area contributed by atoms with E-state index in [-0.39, 0.29) is 0 Å². The van der Waals surface area contributed by atoms with Gasteiger partial charge in [0.25, 0.3) is 0 Å². The topological polar surface area (TPSA) is 26.2 Å². The van der Waals surface area contributed by atoms with Crippen molar-refractivity contribution in [1.82, 2.24) is 9.88 Å². The number of nitrogens with one attached hydrogen (secondary N) is 1. The van der Waals surface area contributed by atoms with Gasteiger partial charge in [0.2, 0.25) is 0 Å². The van der Waals surface area contributed by atoms with Crippen LogP contribution in [0.2, 0.25) is 0 Å². The number of hydrogen-bond acceptors (Lipinski definition) is 2. The van der Waals surface area contributed by atoms with Gasteiger partial charge in [-0.2, -0.15) is 0 Å². The molecule has 108 valence electrons. The van der Waals surface area contributed by atoms with Crippen LogP contribution in [0.4, 0.5) is 0 Å². The summed E-state index contributed by atoms with van der Waals surface area (Å²) in [7, 11) is 1.74. The predicted octanol–water partition coefficient (Wildman–Crippen LogP) is 3.22. The number of benzene rings is 1. The van der Waals surface area contributed by atoms with Crippen LogP contribution in [0.15, 0.2) is 48.7 Å². The molecule has 0 spiro atoms. The van der Waals surface area contributed by atoms with Gasteiger partial charge in [-0.3, -0.25) is 0 Å². The Labute approximate surface area is 121 Å². The molecule has 1 N–H and O–H groups in total. The fourth-order valence-corrected chi connectivity index (χ4v) is 2.41. The van der Waals surface area contributed by atoms with Gasteiger partial charge in [-0.25, -0.2) is 0 Å². The number of ether oxygens (including phenoxy) is 1. The third-order valence-electron chi connectivity index (χ3n) is 3.57. The molecule has 0 aliphatic carbocycles. The maximum Gasteiger partial charge on any atom is 0.0555 e. The van der Waals surface area contributed by atoms with Crippen molar-refractivity contribution in [1.29, 1.82) is 0 Å². The molecule has 2 aromatic rings. The summed E-state index contributed by atoms with van der Waals surface area (Å²) < 4.78 is 7.39. The zero-order valence-corrected chi connectivity index (χ0v) is 12.4. The second kappa shape index (κ2) is 7.88. The van der Waals surface area contributed by atoms with Crippen molar-refractivity contribution >= 4 is 0 Å². The molecule has 0 radical (unpaired) electrons. The van der Waals surface area contributed by atoms with Gasteiger partial charge >= 0.3 is 0 Å². The lowest BCUT2D eigenvalue weighted by atomic mass is 10.1. The van der Waals surface area contributed by atoms with Gasteiger partial charge in [-0.15, -0.1) is 0 Å². The average Bonchev–Trinajstić information content (AvgIpc) is 2.95. The highest BCUT2D eigenvalue weighted by Crippen LogP contribution is 2.20. The molecule has 0 fully saturated rings. The highest BCUT2D eigenvalue weighted by atomic mass is 16.5. The second-order valence-electron chi connectivity index (χ2n) is 5.02. The van der Waals surface area contributed by atoms with E-state index in [0.29, 0.717) is 6.04 Å². The first-order valence-corrected chi connectivity index (χ1v) is 7.23. The van der Waals surface area contributed by atoms with E-state index in [9.17, 15) is 0 Å². The van der Waals surface area contributed by atoms with E-state index < -0.39 is 0 Å². The van der Waals surface area contributed by atoms with Crippen LogP contribution in [0, 0.1) is 0 Å². The first-order chi connectivity index (χ1) is 9.83. The van der Waals surface area contributed by atoms with Crippen LogP contribution < -0.4 is 5.32 Å². The second-order valence-corrected chi connectivity index (χ2v) is 5.02. The molecular weight excluding hydrogens is 248 g/mol. The Balaban J connectivity index is 1.94. The highest BCUT2D eigenvalue weighted by Gasteiger charge is 2.09. The van der Waals surface area contributed by atoms with Crippen LogP contribution in [0.25, 0.3) is 0 Å². The van der Waals surface area contributed by atoms with Crippen molar-refractivity contribution < 1.29 is 4.74 Å². The SMILES string of the molecule is COCCCNCc1cccn1C(C)c1ccccc1. The molecule has 3 nitrogen and oxygen atoms in total. The Bertz CT molecular complexity index is 493. The Hall–Kier alpha value is -1.58. The number of aromatic nitrogens is 1. The zero-order valence-electron chi connectivity index (χ0n) is 12.4. The summed E-state index contributed by atoms with van der Waals surface area (Å²) in [4.78, 5) is 0. The summed E-state index contributed by atoms with van der Waals surface area (Å²) >= 11 is 0. The number of hydrogen-bond donors (Lipinski definition) is 1. The molecule has 1 aromatic carbocycles. The highest BCUT2D eigenvalue weighted by molar-refractivity contribution is 5.21. The van der Waals surface area contributed by atoms with Gasteiger partial charge in [-0.05, 0) is 37.6 Å². The maximum atomic E-state index is 5.05. The van der Waals surface area contributed by atoms with E-state index in [1.807, 2.05) is 0 Å². The third-order valence-corrected chi connectivity index (χ3v) is 3.57. The Kier molecular flexibility index (Phi) is 5.84. The van der Waals surface area contributed by atoms with E-state index in [2.05, 4.69) is 65.5 Å². The normalized spacial score (nSPS) is 12.5. The smallest absolute Gasteiger partial charge is 0.0555 e. The van der Waals surface area contributed by atoms with Crippen LogP contribution in [-0.4, -0.2) is 24.8 Å². The van der Waals surface area contributed by atoms with E-state index in [1.165, 1.54) is 11.3 Å². The summed E-state index contributed by atoms with van der Waals surface area (Å²) in [6, 6.07) is 15.3. The molecule has 1 aromatic heterocycles. The summed E-state index contributed by atoms with van der Waals surface area (Å²) in [6.45, 7) is 4.94. The van der Waals surface area contributed by atoms with Crippen molar-refractivity contribution in [3.8, 4) is 0 Å². The van der Waals surface area contributed by atoms with Crippen LogP contribution in [-0.2, 0) is 11.3 Å². The number of rotatable bonds is 8. The molecule has 1 heterocycles. The molecule has 0 amide bonds. The summed E-state index contributed by atoms with van der Waals surface area (Å²) in [5, 5.41) is 3.47. The van der Waals surface area contributed by atoms with E-state index in [0.717, 1.165) is 26.1 Å². The van der Waals surface area contributed by atoms with Crippen LogP contribution in [0.5, 0.6) is 0 Å². The molecule has 1 unspecified atom stereocenters. The van der Waals surface area contributed by atoms with Gasteiger partial charge in [0, 0.05) is 32.2 Å². The molecule has 0 aliphatic heterocycles. The van der Waals surface area contributed by atoms with E-state index in [4.69, 9.17) is 4.74 Å². The van der Waals surface area contributed by atoms with Gasteiger partial charge in [-0.1, -0.05) is 30.3 Å². The molecule has 0 saturated carbocycles. The quantitative estimate of drug-likeness (QED) is 0.747. The van der Waals surface area contributed by atoms with E-state index in [1.54, 1.807) is 7.11 Å². The lowest BCUT2D eigenvalue weighted by molar-refractivity contribution is 0.194. The van der Waals surface area contributed by atoms with Crippen molar-refractivity contribution in [3.05, 3.63) is 59.9 Å². The molecule has 20 heavy (non-hydrogen) atoms. The van der Waals surface area contributed by atoms with Crippen LogP contribution in [0.3, 0.4) is 0 Å². The van der Waals surface area contributed by atoms with Gasteiger partial charge in [0.15, 0.2) is 0 Å². The van der Waals surface area contributed by atoms with Crippen molar-refractivity contribution in [2.45, 2.75) is 25.9 Å². The Morgan fingerprint density at radius 2 is 1.95 bits per heavy atom. The Morgan fingerprint density at radius 3 is 2.70 bits per heavy atom. The lowest BCUT2D eigenvalue weighted by Crippen LogP contribution is -2.19. The fourth-order valence-electron chi connectivity index (χ4n) is 2.41. The van der Waals surface area contributed by atoms with Crippen molar-refractivity contribution in [3.63, 3.8) is 0 Å². The summed E-state index contributed by atoms with van der Waals surface area (Å²) in [6.07, 6.45) is 3.20. The minimum atomic E-state index is 0.363. The largest absolute Gasteiger partial charge is 0.385 e. The minimum absolute atomic E-state index is 0.363. The number of methoxy groups -OCH3 is 1. The minimum Gasteiger partial charge on any atom is -0.385 e. The molecule has 2 rings (SSSR count). The Morgan fingerprint density at radius 1 is 1.15 bits per heavy atom. The first kappa shape index (κ1) is 14.8. The van der Waals surface area contributed by atoms with Gasteiger partial charge in [0.1, 0.15) is 0 Å². The van der Waals surface area contributed by atoms with Crippen LogP contribution >= 0.6 is 0 Å². The van der Waals surface area contributed by atoms with Crippen molar-refractivity contribution in [2.24, 2.45) is 0 Å². The summed E-state index contributed by atoms with van der Waals surface area (Å²) in [5.41, 5.74) is 2.66. The van der Waals surface area contributed by atoms with Crippen molar-refractivity contribution in [2.75, 3.05) is 20.3 Å². The van der Waals surface area contributed by atoms with Gasteiger partial charge < -0.3 is 14.6 Å². The number of nitrogens with zero attached hydrogens (tertiary/aromatic N) is 1. The molecule has 0 aliphatic rings. The molecular formula is C17H24N2O. The summed E-state index contributed by atoms with van der Waals surface area (Å²) in [5.74, 6) is 0. The predicted molar refractivity (Wildman–Crippen MR) is 82.9 cm³/mol. The molecule has 0 saturated heterocycles. The molecule has 3 heteroatoms. The molecule has 1 atom stereocenters. The van der Waals surface area contributed by atoms with Crippen LogP contribution in [0.1, 0.15) is 30.6 Å².